The molecule has 0 N–H and O–H groups in total. The van der Waals surface area contributed by atoms with Crippen LogP contribution in [-0.2, 0) is 28.6 Å². The SMILES string of the molecule is CC/C=C/C/C=C/C/C=C/CCCCC(=O)OCC(COCCC(C(=O)[O-])[N+](C)(C)C)OC(=O)CCCCCCCCCCCCCCCCCCCCCCC. The second-order valence-corrected chi connectivity index (χ2v) is 17.0. The molecule has 0 spiro atoms. The first-order valence-corrected chi connectivity index (χ1v) is 23.5. The van der Waals surface area contributed by atoms with E-state index in [1.807, 2.05) is 0 Å². The van der Waals surface area contributed by atoms with Crippen molar-refractivity contribution in [2.24, 2.45) is 0 Å². The molecule has 0 radical (unpaired) electrons. The lowest BCUT2D eigenvalue weighted by Crippen LogP contribution is -2.55. The summed E-state index contributed by atoms with van der Waals surface area (Å²) in [6.07, 6.45) is 46.1. The summed E-state index contributed by atoms with van der Waals surface area (Å²) < 4.78 is 17.1. The van der Waals surface area contributed by atoms with Crippen LogP contribution in [-0.4, -0.2) is 75.5 Å². The zero-order chi connectivity index (χ0) is 42.1. The van der Waals surface area contributed by atoms with Gasteiger partial charge >= 0.3 is 11.9 Å². The first-order valence-electron chi connectivity index (χ1n) is 23.5. The molecule has 0 saturated carbocycles. The van der Waals surface area contributed by atoms with Crippen molar-refractivity contribution in [3.05, 3.63) is 36.5 Å². The van der Waals surface area contributed by atoms with Crippen molar-refractivity contribution in [3.8, 4) is 0 Å². The molecule has 8 heteroatoms. The van der Waals surface area contributed by atoms with Crippen molar-refractivity contribution in [1.29, 1.82) is 0 Å². The van der Waals surface area contributed by atoms with E-state index in [0.717, 1.165) is 57.8 Å². The fourth-order valence-corrected chi connectivity index (χ4v) is 6.91. The molecule has 0 aromatic carbocycles. The molecule has 0 aliphatic carbocycles. The Bertz CT molecular complexity index is 1030. The summed E-state index contributed by atoms with van der Waals surface area (Å²) in [5, 5.41) is 11.6. The quantitative estimate of drug-likeness (QED) is 0.0262. The maximum Gasteiger partial charge on any atom is 0.306 e. The first-order chi connectivity index (χ1) is 27.6. The van der Waals surface area contributed by atoms with E-state index in [0.29, 0.717) is 12.8 Å². The summed E-state index contributed by atoms with van der Waals surface area (Å²) in [6.45, 7) is 4.52. The summed E-state index contributed by atoms with van der Waals surface area (Å²) in [5.41, 5.74) is 0. The lowest BCUT2D eigenvalue weighted by atomic mass is 10.0. The van der Waals surface area contributed by atoms with Crippen LogP contribution in [0.3, 0.4) is 0 Å². The Labute approximate surface area is 351 Å². The van der Waals surface area contributed by atoms with Crippen molar-refractivity contribution in [1.82, 2.24) is 0 Å². The fraction of sp³-hybridized carbons (Fsp3) is 0.816. The number of nitrogens with zero attached hydrogens (tertiary/aromatic N) is 1. The number of hydrogen-bond acceptors (Lipinski definition) is 7. The van der Waals surface area contributed by atoms with Crippen molar-refractivity contribution in [3.63, 3.8) is 0 Å². The van der Waals surface area contributed by atoms with Gasteiger partial charge in [-0.25, -0.2) is 0 Å². The number of ether oxygens (including phenoxy) is 3. The Morgan fingerprint density at radius 3 is 1.46 bits per heavy atom. The summed E-state index contributed by atoms with van der Waals surface area (Å²) in [6, 6.07) is -0.729. The van der Waals surface area contributed by atoms with Crippen molar-refractivity contribution < 1.29 is 38.2 Å². The number of carbonyl (C=O) groups excluding carboxylic acids is 3. The molecule has 0 bridgehead atoms. The Balaban J connectivity index is 4.25. The van der Waals surface area contributed by atoms with Crippen LogP contribution in [0.4, 0.5) is 0 Å². The third-order valence-corrected chi connectivity index (χ3v) is 10.5. The largest absolute Gasteiger partial charge is 0.544 e. The lowest BCUT2D eigenvalue weighted by Gasteiger charge is -2.34. The zero-order valence-corrected chi connectivity index (χ0v) is 37.8. The van der Waals surface area contributed by atoms with E-state index in [2.05, 4.69) is 50.3 Å². The molecule has 57 heavy (non-hydrogen) atoms. The molecule has 0 aromatic heterocycles. The molecule has 0 heterocycles. The van der Waals surface area contributed by atoms with E-state index >= 15 is 0 Å². The van der Waals surface area contributed by atoms with Crippen molar-refractivity contribution >= 4 is 17.9 Å². The molecule has 0 aliphatic heterocycles. The van der Waals surface area contributed by atoms with Gasteiger partial charge in [0.25, 0.3) is 0 Å². The highest BCUT2D eigenvalue weighted by Crippen LogP contribution is 2.16. The topological polar surface area (TPSA) is 102 Å². The molecule has 0 fully saturated rings. The third-order valence-electron chi connectivity index (χ3n) is 10.5. The van der Waals surface area contributed by atoms with Crippen LogP contribution in [0.15, 0.2) is 36.5 Å². The number of likely N-dealkylation sites (N-methyl/N-ethyl adjacent to an activating group) is 1. The molecular formula is C49H89NO7. The van der Waals surface area contributed by atoms with E-state index in [1.165, 1.54) is 116 Å². The number of esters is 2. The molecular weight excluding hydrogens is 715 g/mol. The van der Waals surface area contributed by atoms with E-state index in [1.54, 1.807) is 21.1 Å². The Hall–Kier alpha value is -2.45. The standard InChI is InChI=1S/C49H89NO7/c1-6-8-10-12-14-16-18-20-21-22-23-24-25-26-27-28-30-32-34-36-38-40-48(52)57-45(43-55-42-41-46(49(53)54)50(3,4)5)44-56-47(51)39-37-35-33-31-29-19-17-15-13-11-9-7-2/h9,11,15,17,29,31,45-46H,6-8,10,12-14,16,18-28,30,32-44H2,1-5H3/b11-9+,17-15+,31-29+. The van der Waals surface area contributed by atoms with Gasteiger partial charge in [0.15, 0.2) is 6.10 Å². The fourth-order valence-electron chi connectivity index (χ4n) is 6.91. The molecule has 0 saturated heterocycles. The van der Waals surface area contributed by atoms with E-state index in [-0.39, 0.29) is 42.7 Å². The number of aliphatic carboxylic acids is 1. The highest BCUT2D eigenvalue weighted by atomic mass is 16.6. The van der Waals surface area contributed by atoms with Crippen LogP contribution in [0.1, 0.15) is 206 Å². The first kappa shape index (κ1) is 54.6. The number of quaternary nitrogens is 1. The van der Waals surface area contributed by atoms with Gasteiger partial charge in [0.2, 0.25) is 0 Å². The van der Waals surface area contributed by atoms with Crippen molar-refractivity contribution in [2.45, 2.75) is 219 Å². The predicted octanol–water partition coefficient (Wildman–Crippen LogP) is 11.7. The number of carboxylic acid groups (broad SMARTS) is 1. The molecule has 2 unspecified atom stereocenters. The van der Waals surface area contributed by atoms with Gasteiger partial charge < -0.3 is 28.6 Å². The van der Waals surface area contributed by atoms with E-state index < -0.39 is 18.1 Å². The maximum absolute atomic E-state index is 12.7. The van der Waals surface area contributed by atoms with Gasteiger partial charge in [0, 0.05) is 19.3 Å². The minimum absolute atomic E-state index is 0.0311. The normalized spacial score (nSPS) is 13.2. The highest BCUT2D eigenvalue weighted by molar-refractivity contribution is 5.70. The third kappa shape index (κ3) is 38.8. The van der Waals surface area contributed by atoms with Gasteiger partial charge in [0.05, 0.1) is 40.3 Å². The monoisotopic (exact) mass is 804 g/mol. The highest BCUT2D eigenvalue weighted by Gasteiger charge is 2.25. The van der Waals surface area contributed by atoms with Gasteiger partial charge in [-0.05, 0) is 44.9 Å². The van der Waals surface area contributed by atoms with Gasteiger partial charge in [-0.1, -0.05) is 179 Å². The second kappa shape index (κ2) is 40.3. The molecule has 0 aromatic rings. The summed E-state index contributed by atoms with van der Waals surface area (Å²) in [5.74, 6) is -1.78. The van der Waals surface area contributed by atoms with Gasteiger partial charge in [-0.15, -0.1) is 0 Å². The van der Waals surface area contributed by atoms with Gasteiger partial charge in [0.1, 0.15) is 12.6 Å². The number of hydrogen-bond donors (Lipinski definition) is 0. The average Bonchev–Trinajstić information content (AvgIpc) is 3.17. The van der Waals surface area contributed by atoms with Crippen LogP contribution < -0.4 is 5.11 Å². The number of carboxylic acids is 1. The molecule has 0 rings (SSSR count). The molecule has 2 atom stereocenters. The molecule has 332 valence electrons. The average molecular weight is 804 g/mol. The molecule has 0 aliphatic rings. The van der Waals surface area contributed by atoms with Crippen LogP contribution in [0, 0.1) is 0 Å². The second-order valence-electron chi connectivity index (χ2n) is 17.0. The van der Waals surface area contributed by atoms with Crippen LogP contribution in [0.5, 0.6) is 0 Å². The minimum Gasteiger partial charge on any atom is -0.544 e. The number of unbranched alkanes of at least 4 members (excludes halogenated alkanes) is 22. The van der Waals surface area contributed by atoms with Crippen molar-refractivity contribution in [2.75, 3.05) is 41.0 Å². The van der Waals surface area contributed by atoms with Crippen LogP contribution in [0.2, 0.25) is 0 Å². The number of carbonyl (C=O) groups is 3. The van der Waals surface area contributed by atoms with E-state index in [9.17, 15) is 19.5 Å². The maximum atomic E-state index is 12.7. The van der Waals surface area contributed by atoms with Crippen LogP contribution >= 0.6 is 0 Å². The zero-order valence-electron chi connectivity index (χ0n) is 37.8. The van der Waals surface area contributed by atoms with Crippen LogP contribution in [0.25, 0.3) is 0 Å². The lowest BCUT2D eigenvalue weighted by molar-refractivity contribution is -0.889. The Morgan fingerprint density at radius 1 is 0.544 bits per heavy atom. The molecule has 0 amide bonds. The minimum atomic E-state index is -1.13. The number of rotatable bonds is 42. The van der Waals surface area contributed by atoms with Gasteiger partial charge in [-0.3, -0.25) is 9.59 Å². The predicted molar refractivity (Wildman–Crippen MR) is 236 cm³/mol. The molecule has 8 nitrogen and oxygen atoms in total. The number of allylic oxidation sites excluding steroid dienone is 6. The smallest absolute Gasteiger partial charge is 0.306 e. The Kier molecular flexibility index (Phi) is 38.6. The summed E-state index contributed by atoms with van der Waals surface area (Å²) in [4.78, 5) is 36.8. The Morgan fingerprint density at radius 2 is 0.982 bits per heavy atom. The summed E-state index contributed by atoms with van der Waals surface area (Å²) >= 11 is 0. The van der Waals surface area contributed by atoms with Gasteiger partial charge in [-0.2, -0.15) is 0 Å². The summed E-state index contributed by atoms with van der Waals surface area (Å²) in [7, 11) is 5.40. The van der Waals surface area contributed by atoms with E-state index in [4.69, 9.17) is 14.2 Å².